The molecule has 56 heavy (non-hydrogen) atoms. The van der Waals surface area contributed by atoms with E-state index in [2.05, 4.69) is 81.5 Å². The molecule has 1 unspecified atom stereocenters. The normalized spacial score (nSPS) is 13.3. The predicted octanol–water partition coefficient (Wildman–Crippen LogP) is 13.8. The Morgan fingerprint density at radius 3 is 1.43 bits per heavy atom. The van der Waals surface area contributed by atoms with Gasteiger partial charge >= 0.3 is 17.9 Å². The van der Waals surface area contributed by atoms with Gasteiger partial charge < -0.3 is 14.2 Å². The molecule has 0 saturated carbocycles. The van der Waals surface area contributed by atoms with E-state index in [0.29, 0.717) is 19.3 Å². The topological polar surface area (TPSA) is 78.9 Å². The van der Waals surface area contributed by atoms with Crippen LogP contribution < -0.4 is 0 Å². The molecule has 0 radical (unpaired) electrons. The quantitative estimate of drug-likeness (QED) is 0.0207. The number of carbonyl (C=O) groups is 3. The number of rotatable bonds is 36. The first-order valence-electron chi connectivity index (χ1n) is 21.6. The third-order valence-corrected chi connectivity index (χ3v) is 8.32. The highest BCUT2D eigenvalue weighted by molar-refractivity contribution is 5.71. The monoisotopic (exact) mass is 773 g/mol. The molecule has 1 atom stereocenters. The Morgan fingerprint density at radius 2 is 0.839 bits per heavy atom. The van der Waals surface area contributed by atoms with Gasteiger partial charge in [0, 0.05) is 19.3 Å². The first-order chi connectivity index (χ1) is 27.5. The van der Waals surface area contributed by atoms with Gasteiger partial charge in [0.05, 0.1) is 0 Å². The molecular weight excluding hydrogens is 697 g/mol. The number of ether oxygens (including phenoxy) is 3. The Kier molecular flexibility index (Phi) is 40.3. The van der Waals surface area contributed by atoms with E-state index in [4.69, 9.17) is 14.2 Å². The second-order valence-electron chi connectivity index (χ2n) is 13.6. The molecule has 0 amide bonds. The fourth-order valence-corrected chi connectivity index (χ4v) is 5.12. The summed E-state index contributed by atoms with van der Waals surface area (Å²) >= 11 is 0. The minimum Gasteiger partial charge on any atom is -0.462 e. The van der Waals surface area contributed by atoms with Crippen molar-refractivity contribution in [3.63, 3.8) is 0 Å². The van der Waals surface area contributed by atoms with Crippen LogP contribution in [0.15, 0.2) is 122 Å². The van der Waals surface area contributed by atoms with Gasteiger partial charge in [-0.1, -0.05) is 174 Å². The number of hydrogen-bond donors (Lipinski definition) is 0. The Balaban J connectivity index is 4.67. The highest BCUT2D eigenvalue weighted by Crippen LogP contribution is 2.09. The Labute approximate surface area is 342 Å². The molecule has 0 aromatic heterocycles. The average Bonchev–Trinajstić information content (AvgIpc) is 3.19. The molecule has 0 aromatic carbocycles. The van der Waals surface area contributed by atoms with E-state index in [1.165, 1.54) is 38.5 Å². The standard InChI is InChI=1S/C50H76O6/c1-4-7-10-13-16-19-22-25-28-31-34-37-40-43-49(52)55-46-47(45-54-48(51)42-39-36-33-30-27-24-21-18-15-12-9-6-3)56-50(53)44-41-38-35-32-29-26-23-20-17-14-11-8-5-2/h7,9-10,12-13,16,18-19,21-22,25-31,34-35,38,47H,4-6,8,11,14-15,17,20,23-24,32-33,36-37,39-46H2,1-3H3/b10-7-,12-9-,16-13-,21-18-,22-19-,28-25-,29-26-,30-27-,34-31-,38-35-. The van der Waals surface area contributed by atoms with E-state index in [-0.39, 0.29) is 44.4 Å². The van der Waals surface area contributed by atoms with E-state index in [1.54, 1.807) is 0 Å². The van der Waals surface area contributed by atoms with Crippen molar-refractivity contribution in [2.45, 2.75) is 162 Å². The predicted molar refractivity (Wildman–Crippen MR) is 237 cm³/mol. The fraction of sp³-hybridized carbons (Fsp3) is 0.540. The van der Waals surface area contributed by atoms with Crippen LogP contribution in [0.2, 0.25) is 0 Å². The molecule has 0 N–H and O–H groups in total. The summed E-state index contributed by atoms with van der Waals surface area (Å²) in [4.78, 5) is 37.6. The van der Waals surface area contributed by atoms with Crippen LogP contribution in [0.3, 0.4) is 0 Å². The van der Waals surface area contributed by atoms with Gasteiger partial charge in [-0.15, -0.1) is 0 Å². The number of esters is 3. The van der Waals surface area contributed by atoms with Gasteiger partial charge in [-0.3, -0.25) is 14.4 Å². The van der Waals surface area contributed by atoms with Gasteiger partial charge in [0.2, 0.25) is 0 Å². The van der Waals surface area contributed by atoms with E-state index >= 15 is 0 Å². The molecule has 0 aliphatic rings. The first kappa shape index (κ1) is 51.8. The number of unbranched alkanes of at least 4 members (excludes halogenated alkanes) is 9. The summed E-state index contributed by atoms with van der Waals surface area (Å²) in [6, 6.07) is 0. The molecule has 0 fully saturated rings. The van der Waals surface area contributed by atoms with Gasteiger partial charge in [-0.05, 0) is 83.5 Å². The van der Waals surface area contributed by atoms with Crippen LogP contribution in [-0.4, -0.2) is 37.2 Å². The largest absolute Gasteiger partial charge is 0.462 e. The molecule has 0 aliphatic carbocycles. The van der Waals surface area contributed by atoms with Crippen molar-refractivity contribution >= 4 is 17.9 Å². The minimum absolute atomic E-state index is 0.147. The summed E-state index contributed by atoms with van der Waals surface area (Å²) in [7, 11) is 0. The lowest BCUT2D eigenvalue weighted by molar-refractivity contribution is -0.166. The van der Waals surface area contributed by atoms with Crippen molar-refractivity contribution < 1.29 is 28.6 Å². The van der Waals surface area contributed by atoms with Crippen molar-refractivity contribution in [2.24, 2.45) is 0 Å². The summed E-state index contributed by atoms with van der Waals surface area (Å²) < 4.78 is 16.5. The minimum atomic E-state index is -0.853. The molecule has 0 rings (SSSR count). The number of hydrogen-bond acceptors (Lipinski definition) is 6. The third kappa shape index (κ3) is 41.0. The van der Waals surface area contributed by atoms with Crippen LogP contribution in [0.5, 0.6) is 0 Å². The van der Waals surface area contributed by atoms with Gasteiger partial charge in [0.15, 0.2) is 6.10 Å². The van der Waals surface area contributed by atoms with Crippen LogP contribution in [-0.2, 0) is 28.6 Å². The zero-order valence-corrected chi connectivity index (χ0v) is 35.3. The third-order valence-electron chi connectivity index (χ3n) is 8.32. The molecule has 6 nitrogen and oxygen atoms in total. The van der Waals surface area contributed by atoms with Crippen molar-refractivity contribution in [1.29, 1.82) is 0 Å². The summed E-state index contributed by atoms with van der Waals surface area (Å²) in [5.74, 6) is -1.15. The Hall–Kier alpha value is -4.19. The summed E-state index contributed by atoms with van der Waals surface area (Å²) in [6.07, 6.45) is 59.2. The maximum atomic E-state index is 12.7. The lowest BCUT2D eigenvalue weighted by Gasteiger charge is -2.18. The van der Waals surface area contributed by atoms with Crippen molar-refractivity contribution in [3.8, 4) is 0 Å². The van der Waals surface area contributed by atoms with Crippen LogP contribution >= 0.6 is 0 Å². The molecule has 6 heteroatoms. The first-order valence-corrected chi connectivity index (χ1v) is 21.6. The smallest absolute Gasteiger partial charge is 0.306 e. The van der Waals surface area contributed by atoms with Crippen LogP contribution in [0.4, 0.5) is 0 Å². The van der Waals surface area contributed by atoms with Gasteiger partial charge in [-0.25, -0.2) is 0 Å². The summed E-state index contributed by atoms with van der Waals surface area (Å²) in [5.41, 5.74) is 0. The highest BCUT2D eigenvalue weighted by Gasteiger charge is 2.19. The molecule has 0 bridgehead atoms. The fourth-order valence-electron chi connectivity index (χ4n) is 5.12. The van der Waals surface area contributed by atoms with Gasteiger partial charge in [0.1, 0.15) is 13.2 Å². The van der Waals surface area contributed by atoms with E-state index in [9.17, 15) is 14.4 Å². The summed E-state index contributed by atoms with van der Waals surface area (Å²) in [6.45, 7) is 6.17. The highest BCUT2D eigenvalue weighted by atomic mass is 16.6. The maximum Gasteiger partial charge on any atom is 0.306 e. The molecule has 0 aliphatic heterocycles. The molecule has 0 aromatic rings. The van der Waals surface area contributed by atoms with Gasteiger partial charge in [0.25, 0.3) is 0 Å². The lowest BCUT2D eigenvalue weighted by atomic mass is 10.1. The number of allylic oxidation sites excluding steroid dienone is 20. The maximum absolute atomic E-state index is 12.7. The molecule has 0 heterocycles. The Bertz CT molecular complexity index is 1260. The molecule has 312 valence electrons. The Morgan fingerprint density at radius 1 is 0.393 bits per heavy atom. The van der Waals surface area contributed by atoms with Crippen LogP contribution in [0.1, 0.15) is 156 Å². The SMILES string of the molecule is CC\C=C/C=C\C=C/C=C\C=C/CCCC(=O)OCC(COC(=O)CCCC/C=C\C/C=C\C/C=C\CC)OC(=O)CC/C=C\C/C=C\CCCCCCCC. The lowest BCUT2D eigenvalue weighted by Crippen LogP contribution is -2.30. The van der Waals surface area contributed by atoms with Crippen LogP contribution in [0, 0.1) is 0 Å². The average molecular weight is 773 g/mol. The van der Waals surface area contributed by atoms with Crippen LogP contribution in [0.25, 0.3) is 0 Å². The van der Waals surface area contributed by atoms with Gasteiger partial charge in [-0.2, -0.15) is 0 Å². The van der Waals surface area contributed by atoms with Crippen molar-refractivity contribution in [1.82, 2.24) is 0 Å². The zero-order valence-electron chi connectivity index (χ0n) is 35.3. The van der Waals surface area contributed by atoms with E-state index in [0.717, 1.165) is 57.8 Å². The molecule has 0 spiro atoms. The second-order valence-corrected chi connectivity index (χ2v) is 13.6. The van der Waals surface area contributed by atoms with Crippen molar-refractivity contribution in [3.05, 3.63) is 122 Å². The molecule has 0 saturated heterocycles. The zero-order chi connectivity index (χ0) is 40.8. The second kappa shape index (κ2) is 43.5. The molecular formula is C50H76O6. The van der Waals surface area contributed by atoms with Crippen molar-refractivity contribution in [2.75, 3.05) is 13.2 Å². The van der Waals surface area contributed by atoms with E-state index in [1.807, 2.05) is 60.8 Å². The number of carbonyl (C=O) groups excluding carboxylic acids is 3. The van der Waals surface area contributed by atoms with E-state index < -0.39 is 12.1 Å². The summed E-state index contributed by atoms with van der Waals surface area (Å²) in [5, 5.41) is 0.